The van der Waals surface area contributed by atoms with Crippen molar-refractivity contribution in [2.24, 2.45) is 5.73 Å². The Hall–Kier alpha value is -2.06. The van der Waals surface area contributed by atoms with E-state index in [0.717, 1.165) is 5.56 Å². The quantitative estimate of drug-likeness (QED) is 0.836. The molecule has 0 bridgehead atoms. The van der Waals surface area contributed by atoms with E-state index in [-0.39, 0.29) is 18.5 Å². The molecule has 0 aliphatic heterocycles. The van der Waals surface area contributed by atoms with Crippen molar-refractivity contribution in [2.75, 3.05) is 13.7 Å². The summed E-state index contributed by atoms with van der Waals surface area (Å²) in [5.41, 5.74) is 6.71. The number of hydrogen-bond donors (Lipinski definition) is 1. The van der Waals surface area contributed by atoms with Gasteiger partial charge in [0.15, 0.2) is 0 Å². The second-order valence-corrected chi connectivity index (χ2v) is 4.61. The Labute approximate surface area is 113 Å². The molecule has 1 aromatic rings. The van der Waals surface area contributed by atoms with Crippen molar-refractivity contribution in [2.45, 2.75) is 26.4 Å². The normalized spacial score (nSPS) is 10.5. The Balaban J connectivity index is 2.91. The molecular weight excluding hydrogens is 242 g/mol. The fourth-order valence-electron chi connectivity index (χ4n) is 1.78. The lowest BCUT2D eigenvalue weighted by Crippen LogP contribution is -2.37. The highest BCUT2D eigenvalue weighted by atomic mass is 16.5. The molecule has 0 saturated heterocycles. The molecular formula is C14H19N3O2. The first kappa shape index (κ1) is 15.0. The summed E-state index contributed by atoms with van der Waals surface area (Å²) in [5.74, 6) is 0.192. The van der Waals surface area contributed by atoms with Crippen LogP contribution in [0.15, 0.2) is 18.2 Å². The third-order valence-corrected chi connectivity index (χ3v) is 2.86. The molecule has 0 radical (unpaired) electrons. The number of amides is 1. The summed E-state index contributed by atoms with van der Waals surface area (Å²) in [6.07, 6.45) is 0. The van der Waals surface area contributed by atoms with Crippen LogP contribution < -0.4 is 10.5 Å². The summed E-state index contributed by atoms with van der Waals surface area (Å²) < 4.78 is 5.17. The molecule has 19 heavy (non-hydrogen) atoms. The van der Waals surface area contributed by atoms with E-state index in [1.165, 1.54) is 7.11 Å². The number of benzene rings is 1. The third kappa shape index (κ3) is 4.27. The second-order valence-electron chi connectivity index (χ2n) is 4.61. The van der Waals surface area contributed by atoms with E-state index in [0.29, 0.717) is 17.9 Å². The Morgan fingerprint density at radius 3 is 2.68 bits per heavy atom. The molecule has 1 amide bonds. The summed E-state index contributed by atoms with van der Waals surface area (Å²) >= 11 is 0. The van der Waals surface area contributed by atoms with E-state index in [1.54, 1.807) is 6.07 Å². The van der Waals surface area contributed by atoms with Gasteiger partial charge in [0.05, 0.1) is 19.2 Å². The molecule has 1 rings (SSSR count). The number of hydrogen-bond acceptors (Lipinski definition) is 4. The minimum absolute atomic E-state index is 0.203. The van der Waals surface area contributed by atoms with E-state index in [1.807, 2.05) is 30.9 Å². The maximum Gasteiger partial charge on any atom is 0.231 e. The molecule has 0 unspecified atom stereocenters. The Morgan fingerprint density at radius 2 is 2.21 bits per heavy atom. The zero-order chi connectivity index (χ0) is 14.4. The lowest BCUT2D eigenvalue weighted by molar-refractivity contribution is -0.119. The van der Waals surface area contributed by atoms with E-state index in [4.69, 9.17) is 15.7 Å². The Bertz CT molecular complexity index is 492. The molecule has 0 atom stereocenters. The lowest BCUT2D eigenvalue weighted by atomic mass is 10.1. The summed E-state index contributed by atoms with van der Waals surface area (Å²) in [6.45, 7) is 4.80. The number of ether oxygens (including phenoxy) is 1. The number of nitriles is 1. The zero-order valence-electron chi connectivity index (χ0n) is 11.5. The monoisotopic (exact) mass is 261 g/mol. The SMILES string of the molecule is COc1cc(CN(CC(N)=O)C(C)C)ccc1C#N. The van der Waals surface area contributed by atoms with Gasteiger partial charge in [0.2, 0.25) is 5.91 Å². The van der Waals surface area contributed by atoms with Gasteiger partial charge >= 0.3 is 0 Å². The molecule has 0 fully saturated rings. The van der Waals surface area contributed by atoms with Gasteiger partial charge in [0.1, 0.15) is 11.8 Å². The van der Waals surface area contributed by atoms with Gasteiger partial charge in [-0.15, -0.1) is 0 Å². The lowest BCUT2D eigenvalue weighted by Gasteiger charge is -2.25. The Kier molecular flexibility index (Phi) is 5.34. The summed E-state index contributed by atoms with van der Waals surface area (Å²) in [6, 6.07) is 7.66. The standard InChI is InChI=1S/C14H19N3O2/c1-10(2)17(9-14(16)18)8-11-4-5-12(7-15)13(6-11)19-3/h4-6,10H,8-9H2,1-3H3,(H2,16,18). The van der Waals surface area contributed by atoms with Crippen molar-refractivity contribution < 1.29 is 9.53 Å². The van der Waals surface area contributed by atoms with E-state index in [2.05, 4.69) is 6.07 Å². The van der Waals surface area contributed by atoms with Gasteiger partial charge in [0, 0.05) is 12.6 Å². The van der Waals surface area contributed by atoms with Gasteiger partial charge in [-0.05, 0) is 31.5 Å². The van der Waals surface area contributed by atoms with Crippen LogP contribution in [0.4, 0.5) is 0 Å². The number of nitrogens with two attached hydrogens (primary N) is 1. The summed E-state index contributed by atoms with van der Waals surface area (Å²) in [7, 11) is 1.53. The van der Waals surface area contributed by atoms with Crippen LogP contribution in [-0.4, -0.2) is 30.5 Å². The average Bonchev–Trinajstić information content (AvgIpc) is 2.37. The van der Waals surface area contributed by atoms with Crippen LogP contribution in [0.25, 0.3) is 0 Å². The maximum absolute atomic E-state index is 11.0. The van der Waals surface area contributed by atoms with E-state index < -0.39 is 0 Å². The van der Waals surface area contributed by atoms with Crippen molar-refractivity contribution in [1.82, 2.24) is 4.90 Å². The molecule has 0 aliphatic carbocycles. The second kappa shape index (κ2) is 6.76. The number of primary amides is 1. The Morgan fingerprint density at radius 1 is 1.53 bits per heavy atom. The largest absolute Gasteiger partial charge is 0.495 e. The number of carbonyl (C=O) groups excluding carboxylic acids is 1. The van der Waals surface area contributed by atoms with Crippen LogP contribution >= 0.6 is 0 Å². The number of carbonyl (C=O) groups is 1. The molecule has 0 spiro atoms. The topological polar surface area (TPSA) is 79.3 Å². The predicted octanol–water partition coefficient (Wildman–Crippen LogP) is 1.26. The average molecular weight is 261 g/mol. The highest BCUT2D eigenvalue weighted by Crippen LogP contribution is 2.20. The van der Waals surface area contributed by atoms with Crippen LogP contribution in [0, 0.1) is 11.3 Å². The molecule has 0 aliphatic rings. The van der Waals surface area contributed by atoms with Gasteiger partial charge in [-0.2, -0.15) is 5.26 Å². The predicted molar refractivity (Wildman–Crippen MR) is 72.4 cm³/mol. The van der Waals surface area contributed by atoms with Gasteiger partial charge < -0.3 is 10.5 Å². The van der Waals surface area contributed by atoms with Crippen LogP contribution in [0.1, 0.15) is 25.0 Å². The van der Waals surface area contributed by atoms with Crippen LogP contribution in [0.3, 0.4) is 0 Å². The van der Waals surface area contributed by atoms with E-state index >= 15 is 0 Å². The zero-order valence-corrected chi connectivity index (χ0v) is 11.5. The molecule has 102 valence electrons. The number of nitrogens with zero attached hydrogens (tertiary/aromatic N) is 2. The van der Waals surface area contributed by atoms with Crippen molar-refractivity contribution in [3.8, 4) is 11.8 Å². The first-order valence-electron chi connectivity index (χ1n) is 6.07. The molecule has 5 heteroatoms. The van der Waals surface area contributed by atoms with Crippen molar-refractivity contribution >= 4 is 5.91 Å². The molecule has 2 N–H and O–H groups in total. The number of rotatable bonds is 6. The fourth-order valence-corrected chi connectivity index (χ4v) is 1.78. The maximum atomic E-state index is 11.0. The number of methoxy groups -OCH3 is 1. The molecule has 0 aromatic heterocycles. The first-order valence-corrected chi connectivity index (χ1v) is 6.07. The third-order valence-electron chi connectivity index (χ3n) is 2.86. The summed E-state index contributed by atoms with van der Waals surface area (Å²) in [5, 5.41) is 8.93. The van der Waals surface area contributed by atoms with Crippen LogP contribution in [0.5, 0.6) is 5.75 Å². The molecule has 5 nitrogen and oxygen atoms in total. The smallest absolute Gasteiger partial charge is 0.231 e. The van der Waals surface area contributed by atoms with E-state index in [9.17, 15) is 4.79 Å². The molecule has 0 saturated carbocycles. The van der Waals surface area contributed by atoms with Crippen molar-refractivity contribution in [3.63, 3.8) is 0 Å². The minimum atomic E-state index is -0.352. The van der Waals surface area contributed by atoms with Gasteiger partial charge in [-0.25, -0.2) is 0 Å². The van der Waals surface area contributed by atoms with Gasteiger partial charge in [-0.3, -0.25) is 9.69 Å². The van der Waals surface area contributed by atoms with Gasteiger partial charge in [-0.1, -0.05) is 6.07 Å². The van der Waals surface area contributed by atoms with Crippen molar-refractivity contribution in [1.29, 1.82) is 5.26 Å². The van der Waals surface area contributed by atoms with Crippen molar-refractivity contribution in [3.05, 3.63) is 29.3 Å². The minimum Gasteiger partial charge on any atom is -0.495 e. The first-order chi connectivity index (χ1) is 8.97. The van der Waals surface area contributed by atoms with Gasteiger partial charge in [0.25, 0.3) is 0 Å². The highest BCUT2D eigenvalue weighted by Gasteiger charge is 2.13. The highest BCUT2D eigenvalue weighted by molar-refractivity contribution is 5.75. The fraction of sp³-hybridized carbons (Fsp3) is 0.429. The summed E-state index contributed by atoms with van der Waals surface area (Å²) in [4.78, 5) is 13.0. The van der Waals surface area contributed by atoms with Crippen LogP contribution in [-0.2, 0) is 11.3 Å². The molecule has 0 heterocycles. The van der Waals surface area contributed by atoms with Crippen LogP contribution in [0.2, 0.25) is 0 Å². The molecule has 1 aromatic carbocycles.